The van der Waals surface area contributed by atoms with Crippen LogP contribution in [-0.4, -0.2) is 74.0 Å². The van der Waals surface area contributed by atoms with Crippen molar-refractivity contribution in [2.75, 3.05) is 46.3 Å². The van der Waals surface area contributed by atoms with Gasteiger partial charge in [0.15, 0.2) is 5.96 Å². The summed E-state index contributed by atoms with van der Waals surface area (Å²) in [6.45, 7) is 8.69. The molecule has 1 amide bonds. The Balaban J connectivity index is 1.70. The van der Waals surface area contributed by atoms with E-state index in [1.165, 1.54) is 0 Å². The summed E-state index contributed by atoms with van der Waals surface area (Å²) < 4.78 is 5.33. The predicted molar refractivity (Wildman–Crippen MR) is 95.1 cm³/mol. The second-order valence-corrected chi connectivity index (χ2v) is 6.29. The van der Waals surface area contributed by atoms with Crippen LogP contribution < -0.4 is 10.6 Å². The van der Waals surface area contributed by atoms with Crippen molar-refractivity contribution in [1.82, 2.24) is 20.4 Å². The summed E-state index contributed by atoms with van der Waals surface area (Å²) in [5.74, 6) is 1.98. The fraction of sp³-hybridized carbons (Fsp3) is 0.647. The number of furan rings is 1. The predicted octanol–water partition coefficient (Wildman–Crippen LogP) is 0.540. The third-order valence-electron chi connectivity index (χ3n) is 3.94. The van der Waals surface area contributed by atoms with Crippen LogP contribution in [0.1, 0.15) is 19.6 Å². The van der Waals surface area contributed by atoms with Gasteiger partial charge in [-0.2, -0.15) is 0 Å². The molecule has 0 spiro atoms. The molecule has 7 heteroatoms. The minimum atomic E-state index is 0.0967. The fourth-order valence-electron chi connectivity index (χ4n) is 2.77. The van der Waals surface area contributed by atoms with Crippen molar-refractivity contribution in [3.63, 3.8) is 0 Å². The number of carbonyl (C=O) groups excluding carboxylic acids is 1. The van der Waals surface area contributed by atoms with Crippen LogP contribution in [-0.2, 0) is 11.2 Å². The molecule has 0 aromatic carbocycles. The van der Waals surface area contributed by atoms with Gasteiger partial charge in [0.05, 0.1) is 12.8 Å². The number of hydrogen-bond acceptors (Lipinski definition) is 4. The van der Waals surface area contributed by atoms with Crippen molar-refractivity contribution >= 4 is 11.9 Å². The Morgan fingerprint density at radius 3 is 2.67 bits per heavy atom. The maximum Gasteiger partial charge on any atom is 0.234 e. The Labute approximate surface area is 144 Å². The summed E-state index contributed by atoms with van der Waals surface area (Å²) in [6.07, 6.45) is 2.53. The van der Waals surface area contributed by atoms with Gasteiger partial charge in [0.1, 0.15) is 5.76 Å². The minimum Gasteiger partial charge on any atom is -0.469 e. The van der Waals surface area contributed by atoms with Gasteiger partial charge in [-0.1, -0.05) is 0 Å². The Kier molecular flexibility index (Phi) is 7.11. The van der Waals surface area contributed by atoms with Crippen molar-refractivity contribution in [2.45, 2.75) is 26.3 Å². The third kappa shape index (κ3) is 5.88. The Bertz CT molecular complexity index is 519. The minimum absolute atomic E-state index is 0.0967. The smallest absolute Gasteiger partial charge is 0.234 e. The second kappa shape index (κ2) is 9.32. The van der Waals surface area contributed by atoms with Crippen molar-refractivity contribution in [1.29, 1.82) is 0 Å². The van der Waals surface area contributed by atoms with Gasteiger partial charge in [-0.05, 0) is 26.0 Å². The summed E-state index contributed by atoms with van der Waals surface area (Å²) in [5.41, 5.74) is 0. The van der Waals surface area contributed by atoms with Gasteiger partial charge in [0.2, 0.25) is 5.91 Å². The highest BCUT2D eigenvalue weighted by molar-refractivity contribution is 5.80. The molecule has 0 bridgehead atoms. The zero-order valence-electron chi connectivity index (χ0n) is 14.9. The van der Waals surface area contributed by atoms with Gasteiger partial charge in [0.25, 0.3) is 0 Å². The number of rotatable bonds is 6. The quantitative estimate of drug-likeness (QED) is 0.586. The van der Waals surface area contributed by atoms with Crippen LogP contribution in [0.5, 0.6) is 0 Å². The number of aliphatic imine (C=N–C) groups is 1. The van der Waals surface area contributed by atoms with Crippen LogP contribution in [0, 0.1) is 0 Å². The summed E-state index contributed by atoms with van der Waals surface area (Å²) >= 11 is 0. The molecule has 7 nitrogen and oxygen atoms in total. The van der Waals surface area contributed by atoms with Crippen molar-refractivity contribution in [3.05, 3.63) is 24.2 Å². The summed E-state index contributed by atoms with van der Waals surface area (Å²) in [5, 5.41) is 6.31. The lowest BCUT2D eigenvalue weighted by atomic mass is 10.3. The van der Waals surface area contributed by atoms with Crippen LogP contribution in [0.2, 0.25) is 0 Å². The molecule has 0 unspecified atom stereocenters. The Hall–Kier alpha value is -2.02. The van der Waals surface area contributed by atoms with E-state index in [-0.39, 0.29) is 11.9 Å². The van der Waals surface area contributed by atoms with E-state index in [0.717, 1.165) is 50.9 Å². The van der Waals surface area contributed by atoms with Gasteiger partial charge in [-0.25, -0.2) is 0 Å². The van der Waals surface area contributed by atoms with Crippen molar-refractivity contribution in [2.24, 2.45) is 4.99 Å². The third-order valence-corrected chi connectivity index (χ3v) is 3.94. The largest absolute Gasteiger partial charge is 0.469 e. The zero-order valence-corrected chi connectivity index (χ0v) is 14.9. The number of carbonyl (C=O) groups is 1. The molecule has 0 atom stereocenters. The summed E-state index contributed by atoms with van der Waals surface area (Å²) in [7, 11) is 1.80. The van der Waals surface area contributed by atoms with E-state index in [1.54, 1.807) is 13.3 Å². The van der Waals surface area contributed by atoms with E-state index in [2.05, 4.69) is 25.4 Å². The maximum atomic E-state index is 11.8. The van der Waals surface area contributed by atoms with E-state index < -0.39 is 0 Å². The Morgan fingerprint density at radius 1 is 1.33 bits per heavy atom. The lowest BCUT2D eigenvalue weighted by molar-refractivity contribution is -0.123. The molecule has 1 aliphatic heterocycles. The second-order valence-electron chi connectivity index (χ2n) is 6.29. The highest BCUT2D eigenvalue weighted by atomic mass is 16.3. The molecule has 2 N–H and O–H groups in total. The van der Waals surface area contributed by atoms with Crippen LogP contribution in [0.4, 0.5) is 0 Å². The number of piperazine rings is 1. The van der Waals surface area contributed by atoms with Gasteiger partial charge in [-0.3, -0.25) is 14.7 Å². The molecule has 1 aliphatic rings. The first-order valence-electron chi connectivity index (χ1n) is 8.58. The molecule has 1 aromatic rings. The first-order valence-corrected chi connectivity index (χ1v) is 8.58. The Morgan fingerprint density at radius 2 is 2.08 bits per heavy atom. The van der Waals surface area contributed by atoms with E-state index in [9.17, 15) is 4.79 Å². The SMILES string of the molecule is CN=C(NCCc1ccco1)N1CCN(CC(=O)NC(C)C)CC1. The normalized spacial score (nSPS) is 16.5. The van der Waals surface area contributed by atoms with Crippen LogP contribution in [0.25, 0.3) is 0 Å². The maximum absolute atomic E-state index is 11.8. The zero-order chi connectivity index (χ0) is 17.4. The summed E-state index contributed by atoms with van der Waals surface area (Å²) in [6, 6.07) is 4.07. The molecule has 0 radical (unpaired) electrons. The van der Waals surface area contributed by atoms with Gasteiger partial charge >= 0.3 is 0 Å². The molecule has 2 rings (SSSR count). The molecule has 1 saturated heterocycles. The molecule has 1 aromatic heterocycles. The molecule has 134 valence electrons. The van der Waals surface area contributed by atoms with E-state index in [4.69, 9.17) is 4.42 Å². The van der Waals surface area contributed by atoms with E-state index >= 15 is 0 Å². The monoisotopic (exact) mass is 335 g/mol. The topological polar surface area (TPSA) is 73.1 Å². The highest BCUT2D eigenvalue weighted by Gasteiger charge is 2.21. The highest BCUT2D eigenvalue weighted by Crippen LogP contribution is 2.03. The van der Waals surface area contributed by atoms with Crippen molar-refractivity contribution < 1.29 is 9.21 Å². The molecular weight excluding hydrogens is 306 g/mol. The van der Waals surface area contributed by atoms with Crippen LogP contribution >= 0.6 is 0 Å². The number of nitrogens with zero attached hydrogens (tertiary/aromatic N) is 3. The van der Waals surface area contributed by atoms with E-state index in [1.807, 2.05) is 26.0 Å². The van der Waals surface area contributed by atoms with Gasteiger partial charge < -0.3 is 20.0 Å². The van der Waals surface area contributed by atoms with Gasteiger partial charge in [-0.15, -0.1) is 0 Å². The number of amides is 1. The first kappa shape index (κ1) is 18.3. The average molecular weight is 335 g/mol. The molecule has 0 saturated carbocycles. The standard InChI is InChI=1S/C17H29N5O2/c1-14(2)20-16(23)13-21-8-10-22(11-9-21)17(18-3)19-7-6-15-5-4-12-24-15/h4-5,12,14H,6-11,13H2,1-3H3,(H,18,19)(H,20,23). The number of nitrogens with one attached hydrogen (secondary N) is 2. The van der Waals surface area contributed by atoms with Crippen molar-refractivity contribution in [3.8, 4) is 0 Å². The lowest BCUT2D eigenvalue weighted by Gasteiger charge is -2.36. The molecule has 0 aliphatic carbocycles. The fourth-order valence-corrected chi connectivity index (χ4v) is 2.77. The molecule has 1 fully saturated rings. The number of guanidine groups is 1. The first-order chi connectivity index (χ1) is 11.6. The number of hydrogen-bond donors (Lipinski definition) is 2. The van der Waals surface area contributed by atoms with Gasteiger partial charge in [0, 0.05) is 52.2 Å². The van der Waals surface area contributed by atoms with Crippen LogP contribution in [0.3, 0.4) is 0 Å². The lowest BCUT2D eigenvalue weighted by Crippen LogP contribution is -2.54. The average Bonchev–Trinajstić information content (AvgIpc) is 3.05. The van der Waals surface area contributed by atoms with Crippen LogP contribution in [0.15, 0.2) is 27.8 Å². The molecular formula is C17H29N5O2. The molecule has 24 heavy (non-hydrogen) atoms. The summed E-state index contributed by atoms with van der Waals surface area (Å²) in [4.78, 5) is 20.6. The molecule has 2 heterocycles. The van der Waals surface area contributed by atoms with E-state index in [0.29, 0.717) is 6.54 Å².